The second-order valence-electron chi connectivity index (χ2n) is 4.41. The van der Waals surface area contributed by atoms with Crippen LogP contribution in [0.25, 0.3) is 0 Å². The molecule has 1 amide bonds. The Balaban J connectivity index is 2.16. The van der Waals surface area contributed by atoms with Gasteiger partial charge in [-0.1, -0.05) is 18.2 Å². The van der Waals surface area contributed by atoms with Crippen molar-refractivity contribution in [2.75, 3.05) is 11.9 Å². The first-order chi connectivity index (χ1) is 9.61. The minimum absolute atomic E-state index is 0.260. The lowest BCUT2D eigenvalue weighted by atomic mass is 10.1. The molecule has 2 rings (SSSR count). The number of carbonyl (C=O) groups is 1. The first-order valence-electron chi connectivity index (χ1n) is 6.46. The third kappa shape index (κ3) is 3.12. The molecule has 0 aliphatic rings. The topological polar surface area (TPSA) is 64.1 Å². The largest absolute Gasteiger partial charge is 0.477 e. The molecule has 104 valence electrons. The average molecular weight is 271 g/mol. The van der Waals surface area contributed by atoms with Crippen LogP contribution in [-0.4, -0.2) is 22.7 Å². The number of carbonyl (C=O) groups excluding carboxylic acids is 1. The molecule has 0 unspecified atom stereocenters. The summed E-state index contributed by atoms with van der Waals surface area (Å²) in [6.07, 6.45) is 0. The van der Waals surface area contributed by atoms with E-state index in [-0.39, 0.29) is 11.6 Å². The van der Waals surface area contributed by atoms with E-state index < -0.39 is 0 Å². The lowest BCUT2D eigenvalue weighted by Gasteiger charge is -2.10. The van der Waals surface area contributed by atoms with Crippen molar-refractivity contribution >= 4 is 11.6 Å². The maximum atomic E-state index is 12.1. The molecule has 5 nitrogen and oxygen atoms in total. The Morgan fingerprint density at radius 3 is 2.40 bits per heavy atom. The van der Waals surface area contributed by atoms with Crippen molar-refractivity contribution in [3.63, 3.8) is 0 Å². The van der Waals surface area contributed by atoms with E-state index >= 15 is 0 Å². The van der Waals surface area contributed by atoms with E-state index in [0.717, 1.165) is 16.8 Å². The van der Waals surface area contributed by atoms with E-state index in [2.05, 4.69) is 15.5 Å². The maximum Gasteiger partial charge on any atom is 0.276 e. The van der Waals surface area contributed by atoms with Gasteiger partial charge >= 0.3 is 0 Å². The number of benzene rings is 1. The minimum atomic E-state index is -0.280. The van der Waals surface area contributed by atoms with Crippen LogP contribution in [0.15, 0.2) is 30.3 Å². The molecule has 1 N–H and O–H groups in total. The predicted octanol–water partition coefficient (Wildman–Crippen LogP) is 2.74. The summed E-state index contributed by atoms with van der Waals surface area (Å²) in [5.74, 6) is 0.133. The van der Waals surface area contributed by atoms with Crippen LogP contribution in [0.2, 0.25) is 0 Å². The molecule has 0 atom stereocenters. The number of nitrogens with one attached hydrogen (secondary N) is 1. The number of anilines is 1. The number of aromatic nitrogens is 2. The van der Waals surface area contributed by atoms with Gasteiger partial charge in [-0.25, -0.2) is 0 Å². The zero-order valence-electron chi connectivity index (χ0n) is 11.8. The van der Waals surface area contributed by atoms with Gasteiger partial charge in [0.25, 0.3) is 5.91 Å². The molecule has 0 spiro atoms. The smallest absolute Gasteiger partial charge is 0.276 e. The van der Waals surface area contributed by atoms with Crippen LogP contribution in [0.5, 0.6) is 5.88 Å². The predicted molar refractivity (Wildman–Crippen MR) is 77.1 cm³/mol. The molecular weight excluding hydrogens is 254 g/mol. The van der Waals surface area contributed by atoms with Crippen molar-refractivity contribution in [2.45, 2.75) is 20.8 Å². The molecular formula is C15H17N3O2. The van der Waals surface area contributed by atoms with Crippen molar-refractivity contribution in [3.8, 4) is 5.88 Å². The molecule has 0 aliphatic heterocycles. The van der Waals surface area contributed by atoms with Crippen molar-refractivity contribution in [1.82, 2.24) is 10.2 Å². The summed E-state index contributed by atoms with van der Waals surface area (Å²) < 4.78 is 5.19. The molecule has 5 heteroatoms. The fourth-order valence-corrected chi connectivity index (χ4v) is 1.86. The van der Waals surface area contributed by atoms with Gasteiger partial charge in [-0.15, -0.1) is 10.2 Å². The van der Waals surface area contributed by atoms with Gasteiger partial charge in [-0.3, -0.25) is 4.79 Å². The summed E-state index contributed by atoms with van der Waals surface area (Å²) in [7, 11) is 0. The minimum Gasteiger partial charge on any atom is -0.477 e. The van der Waals surface area contributed by atoms with Gasteiger partial charge < -0.3 is 10.1 Å². The molecule has 0 saturated heterocycles. The molecule has 1 aromatic carbocycles. The Labute approximate surface area is 118 Å². The van der Waals surface area contributed by atoms with Crippen molar-refractivity contribution in [1.29, 1.82) is 0 Å². The lowest BCUT2D eigenvalue weighted by Crippen LogP contribution is -2.16. The molecule has 0 bridgehead atoms. The summed E-state index contributed by atoms with van der Waals surface area (Å²) in [5.41, 5.74) is 3.10. The quantitative estimate of drug-likeness (QED) is 0.928. The van der Waals surface area contributed by atoms with Gasteiger partial charge in [0.1, 0.15) is 0 Å². The summed E-state index contributed by atoms with van der Waals surface area (Å²) in [6.45, 7) is 6.28. The number of nitrogens with zero attached hydrogens (tertiary/aromatic N) is 2. The normalized spacial score (nSPS) is 10.2. The van der Waals surface area contributed by atoms with Crippen LogP contribution in [0.3, 0.4) is 0 Å². The standard InChI is InChI=1S/C15H17N3O2/c1-4-20-13-9-8-12(17-18-13)15(19)16-14-10(2)6-5-7-11(14)3/h5-9H,4H2,1-3H3,(H,16,19). The monoisotopic (exact) mass is 271 g/mol. The fourth-order valence-electron chi connectivity index (χ4n) is 1.86. The molecule has 2 aromatic rings. The van der Waals surface area contributed by atoms with Crippen molar-refractivity contribution < 1.29 is 9.53 Å². The highest BCUT2D eigenvalue weighted by Gasteiger charge is 2.11. The van der Waals surface area contributed by atoms with E-state index in [9.17, 15) is 4.79 Å². The van der Waals surface area contributed by atoms with Crippen molar-refractivity contribution in [3.05, 3.63) is 47.2 Å². The van der Waals surface area contributed by atoms with Crippen LogP contribution >= 0.6 is 0 Å². The Bertz CT molecular complexity index is 589. The number of amides is 1. The third-order valence-electron chi connectivity index (χ3n) is 2.88. The van der Waals surface area contributed by atoms with Crippen molar-refractivity contribution in [2.24, 2.45) is 0 Å². The molecule has 0 radical (unpaired) electrons. The van der Waals surface area contributed by atoms with Gasteiger partial charge in [0.05, 0.1) is 6.61 Å². The van der Waals surface area contributed by atoms with E-state index in [1.54, 1.807) is 12.1 Å². The molecule has 20 heavy (non-hydrogen) atoms. The zero-order chi connectivity index (χ0) is 14.5. The zero-order valence-corrected chi connectivity index (χ0v) is 11.8. The second-order valence-corrected chi connectivity index (χ2v) is 4.41. The Morgan fingerprint density at radius 1 is 1.15 bits per heavy atom. The maximum absolute atomic E-state index is 12.1. The first-order valence-corrected chi connectivity index (χ1v) is 6.46. The van der Waals surface area contributed by atoms with Crippen LogP contribution in [-0.2, 0) is 0 Å². The van der Waals surface area contributed by atoms with E-state index in [0.29, 0.717) is 12.5 Å². The number of ether oxygens (including phenoxy) is 1. The molecule has 0 saturated carbocycles. The summed E-state index contributed by atoms with van der Waals surface area (Å²) in [5, 5.41) is 10.6. The van der Waals surface area contributed by atoms with Crippen LogP contribution < -0.4 is 10.1 Å². The van der Waals surface area contributed by atoms with Crippen LogP contribution in [0.4, 0.5) is 5.69 Å². The molecule has 1 heterocycles. The summed E-state index contributed by atoms with van der Waals surface area (Å²) in [6, 6.07) is 9.09. The number of para-hydroxylation sites is 1. The number of hydrogen-bond donors (Lipinski definition) is 1. The average Bonchev–Trinajstić information content (AvgIpc) is 2.44. The number of hydrogen-bond acceptors (Lipinski definition) is 4. The Hall–Kier alpha value is -2.43. The molecule has 0 aliphatic carbocycles. The van der Waals surface area contributed by atoms with Crippen LogP contribution in [0, 0.1) is 13.8 Å². The second kappa shape index (κ2) is 6.14. The molecule has 0 fully saturated rings. The Kier molecular flexibility index (Phi) is 4.30. The SMILES string of the molecule is CCOc1ccc(C(=O)Nc2c(C)cccc2C)nn1. The van der Waals surface area contributed by atoms with Gasteiger partial charge in [0.15, 0.2) is 5.69 Å². The highest BCUT2D eigenvalue weighted by Crippen LogP contribution is 2.20. The van der Waals surface area contributed by atoms with Gasteiger partial charge in [0.2, 0.25) is 5.88 Å². The van der Waals surface area contributed by atoms with E-state index in [1.165, 1.54) is 0 Å². The fraction of sp³-hybridized carbons (Fsp3) is 0.267. The summed E-state index contributed by atoms with van der Waals surface area (Å²) in [4.78, 5) is 12.1. The van der Waals surface area contributed by atoms with Gasteiger partial charge in [0, 0.05) is 11.8 Å². The Morgan fingerprint density at radius 2 is 1.85 bits per heavy atom. The van der Waals surface area contributed by atoms with E-state index in [1.807, 2.05) is 39.0 Å². The first kappa shape index (κ1) is 14.0. The highest BCUT2D eigenvalue weighted by molar-refractivity contribution is 6.03. The number of rotatable bonds is 4. The van der Waals surface area contributed by atoms with E-state index in [4.69, 9.17) is 4.74 Å². The lowest BCUT2D eigenvalue weighted by molar-refractivity contribution is 0.102. The van der Waals surface area contributed by atoms with Crippen LogP contribution in [0.1, 0.15) is 28.5 Å². The van der Waals surface area contributed by atoms with Gasteiger partial charge in [-0.2, -0.15) is 0 Å². The summed E-state index contributed by atoms with van der Waals surface area (Å²) >= 11 is 0. The molecule has 1 aromatic heterocycles. The van der Waals surface area contributed by atoms with Gasteiger partial charge in [-0.05, 0) is 38.0 Å². The number of aryl methyl sites for hydroxylation is 2. The highest BCUT2D eigenvalue weighted by atomic mass is 16.5. The third-order valence-corrected chi connectivity index (χ3v) is 2.88.